The van der Waals surface area contributed by atoms with Crippen molar-refractivity contribution in [2.75, 3.05) is 6.56 Å². The average molecular weight is 235 g/mol. The molecule has 16 heavy (non-hydrogen) atoms. The Morgan fingerprint density at radius 2 is 2.88 bits per heavy atom. The van der Waals surface area contributed by atoms with Gasteiger partial charge in [0.2, 0.25) is 0 Å². The van der Waals surface area contributed by atoms with Crippen LogP contribution in [0, 0.1) is 18.7 Å². The van der Waals surface area contributed by atoms with Crippen LogP contribution in [0.25, 0.3) is 0 Å². The van der Waals surface area contributed by atoms with Gasteiger partial charge in [-0.25, -0.2) is 4.98 Å². The van der Waals surface area contributed by atoms with Crippen molar-refractivity contribution < 1.29 is 27.4 Å². The Morgan fingerprint density at radius 3 is 3.62 bits per heavy atom. The van der Waals surface area contributed by atoms with E-state index in [0.29, 0.717) is 4.57 Å². The lowest BCUT2D eigenvalue weighted by molar-refractivity contribution is -0.141. The van der Waals surface area contributed by atoms with E-state index in [-0.39, 0.29) is 5.82 Å². The Kier molecular flexibility index (Phi) is 0.893. The van der Waals surface area contributed by atoms with Gasteiger partial charge in [-0.2, -0.15) is 0 Å². The number of hydrogen-bond acceptors (Lipinski definition) is 3. The van der Waals surface area contributed by atoms with Gasteiger partial charge < -0.3 is 9.30 Å². The van der Waals surface area contributed by atoms with E-state index in [1.807, 2.05) is 0 Å². The second-order valence-electron chi connectivity index (χ2n) is 3.10. The molecule has 0 bridgehead atoms. The first-order valence-corrected chi connectivity index (χ1v) is 4.44. The summed E-state index contributed by atoms with van der Waals surface area (Å²) in [7, 11) is 0. The van der Waals surface area contributed by atoms with E-state index in [1.165, 1.54) is 0 Å². The van der Waals surface area contributed by atoms with Gasteiger partial charge >= 0.3 is 5.97 Å². The maximum Gasteiger partial charge on any atom is 0.309 e. The molecule has 0 radical (unpaired) electrons. The highest BCUT2D eigenvalue weighted by atomic mass is 16.5. The Balaban J connectivity index is 2.90. The molecule has 2 rings (SSSR count). The topological polar surface area (TPSA) is 44.1 Å². The van der Waals surface area contributed by atoms with Gasteiger partial charge in [0.25, 0.3) is 0 Å². The summed E-state index contributed by atoms with van der Waals surface area (Å²) in [6.07, 6.45) is -5.94. The number of cyclic esters (lactones) is 1. The fourth-order valence-corrected chi connectivity index (χ4v) is 1.18. The third-order valence-corrected chi connectivity index (χ3v) is 2.08. The van der Waals surface area contributed by atoms with E-state index < -0.39 is 62.8 Å². The molecule has 1 aromatic rings. The number of imidazole rings is 1. The van der Waals surface area contributed by atoms with Crippen molar-refractivity contribution in [2.24, 2.45) is 18.8 Å². The number of rotatable bonds is 3. The smallest absolute Gasteiger partial charge is 0.309 e. The summed E-state index contributed by atoms with van der Waals surface area (Å²) < 4.78 is 107. The van der Waals surface area contributed by atoms with E-state index in [9.17, 15) is 4.79 Å². The number of nitrogens with zero attached hydrogens (tertiary/aromatic N) is 2. The molecule has 1 aliphatic rings. The summed E-state index contributed by atoms with van der Waals surface area (Å²) in [6, 6.07) is 0. The minimum absolute atomic E-state index is 0.292. The molecule has 0 N–H and O–H groups in total. The summed E-state index contributed by atoms with van der Waals surface area (Å²) >= 11 is 0. The fourth-order valence-electron chi connectivity index (χ4n) is 1.18. The monoisotopic (exact) mass is 235 g/mol. The zero-order chi connectivity index (χ0) is 23.0. The first-order valence-electron chi connectivity index (χ1n) is 10.9. The molecular weight excluding hydrogens is 204 g/mol. The zero-order valence-electron chi connectivity index (χ0n) is 21.4. The van der Waals surface area contributed by atoms with E-state index in [2.05, 4.69) is 9.72 Å². The molecule has 0 saturated carbocycles. The van der Waals surface area contributed by atoms with Crippen molar-refractivity contribution in [3.8, 4) is 0 Å². The Bertz CT molecular complexity index is 842. The molecule has 4 heteroatoms. The highest BCUT2D eigenvalue weighted by molar-refractivity contribution is 5.74. The van der Waals surface area contributed by atoms with Crippen LogP contribution in [0.2, 0.25) is 0 Å². The molecule has 0 aromatic carbocycles. The summed E-state index contributed by atoms with van der Waals surface area (Å²) in [5.74, 6) is -9.01. The number of hydrogen-bond donors (Lipinski definition) is 0. The van der Waals surface area contributed by atoms with Crippen LogP contribution in [-0.2, 0) is 22.9 Å². The van der Waals surface area contributed by atoms with Crippen LogP contribution < -0.4 is 0 Å². The lowest BCUT2D eigenvalue weighted by Crippen LogP contribution is -2.18. The van der Waals surface area contributed by atoms with Crippen LogP contribution in [0.4, 0.5) is 0 Å². The van der Waals surface area contributed by atoms with Gasteiger partial charge in [0, 0.05) is 38.4 Å². The van der Waals surface area contributed by atoms with Gasteiger partial charge in [-0.1, -0.05) is 6.85 Å². The van der Waals surface area contributed by atoms with E-state index in [0.717, 1.165) is 6.92 Å². The first kappa shape index (κ1) is 3.34. The summed E-state index contributed by atoms with van der Waals surface area (Å²) in [5.41, 5.74) is -1.09. The second-order valence-corrected chi connectivity index (χ2v) is 3.10. The van der Waals surface area contributed by atoms with Crippen LogP contribution in [0.5, 0.6) is 0 Å². The third kappa shape index (κ3) is 1.84. The maximum atomic E-state index is 12.3. The van der Waals surface area contributed by atoms with Crippen molar-refractivity contribution in [1.82, 2.24) is 9.55 Å². The molecule has 1 fully saturated rings. The Hall–Kier alpha value is -1.32. The van der Waals surface area contributed by atoms with Crippen molar-refractivity contribution in [1.29, 1.82) is 0 Å². The molecule has 2 heterocycles. The predicted molar refractivity (Wildman–Crippen MR) is 59.9 cm³/mol. The largest absolute Gasteiger partial charge is 0.465 e. The molecule has 0 unspecified atom stereocenters. The van der Waals surface area contributed by atoms with Gasteiger partial charge in [-0.05, 0) is 19.7 Å². The second kappa shape index (κ2) is 4.28. The number of aryl methyl sites for hydroxylation is 1. The zero-order valence-corrected chi connectivity index (χ0v) is 8.42. The molecule has 1 aromatic heterocycles. The molecular formula is C12H18N2O2. The van der Waals surface area contributed by atoms with E-state index in [1.54, 1.807) is 0 Å². The van der Waals surface area contributed by atoms with Crippen LogP contribution in [0.1, 0.15) is 42.6 Å². The third-order valence-electron chi connectivity index (χ3n) is 2.08. The highest BCUT2D eigenvalue weighted by Gasteiger charge is 2.35. The molecule has 0 aliphatic carbocycles. The summed E-state index contributed by atoms with van der Waals surface area (Å²) in [5, 5.41) is 0. The molecule has 0 amide bonds. The number of aromatic nitrogens is 2. The first-order chi connectivity index (χ1) is 12.6. The lowest BCUT2D eigenvalue weighted by atomic mass is 9.89. The quantitative estimate of drug-likeness (QED) is 0.745. The Morgan fingerprint density at radius 1 is 2.00 bits per heavy atom. The summed E-state index contributed by atoms with van der Waals surface area (Å²) in [4.78, 5) is 15.8. The van der Waals surface area contributed by atoms with Crippen molar-refractivity contribution in [3.05, 3.63) is 17.7 Å². The molecule has 4 nitrogen and oxygen atoms in total. The number of carbonyl (C=O) groups excluding carboxylic acids is 1. The van der Waals surface area contributed by atoms with Gasteiger partial charge in [0.15, 0.2) is 0 Å². The van der Waals surface area contributed by atoms with Gasteiger partial charge in [-0.15, -0.1) is 0 Å². The van der Waals surface area contributed by atoms with Crippen molar-refractivity contribution >= 4 is 5.97 Å². The molecule has 1 aliphatic heterocycles. The molecule has 0 spiro atoms. The predicted octanol–water partition coefficient (Wildman–Crippen LogP) is 1.47. The van der Waals surface area contributed by atoms with Crippen LogP contribution in [0.3, 0.4) is 0 Å². The van der Waals surface area contributed by atoms with Gasteiger partial charge in [0.05, 0.1) is 16.6 Å². The lowest BCUT2D eigenvalue weighted by Gasteiger charge is -2.13. The molecule has 88 valence electrons. The number of ether oxygens (including phenoxy) is 1. The van der Waals surface area contributed by atoms with Crippen molar-refractivity contribution in [3.63, 3.8) is 0 Å². The molecule has 1 saturated heterocycles. The fraction of sp³-hybridized carbons (Fsp3) is 0.667. The normalized spacial score (nSPS) is 51.6. The average Bonchev–Trinajstić information content (AvgIpc) is 2.83. The van der Waals surface area contributed by atoms with E-state index >= 15 is 0 Å². The number of esters is 1. The summed E-state index contributed by atoms with van der Waals surface area (Å²) in [6.45, 7) is -8.53. The van der Waals surface area contributed by atoms with Gasteiger partial charge in [0.1, 0.15) is 5.82 Å². The highest BCUT2D eigenvalue weighted by Crippen LogP contribution is 2.28. The molecule has 2 atom stereocenters. The van der Waals surface area contributed by atoms with Crippen LogP contribution in [-0.4, -0.2) is 22.1 Å². The SMILES string of the molecule is [2H]c1nc(C)n(C([2H])([2H])[2H])c1C([2H])([2H])[C@@]1([2H])C([2H])([2H])OC(=O)[C@@]1([2H])CC([2H])([2H])[2H]. The van der Waals surface area contributed by atoms with Crippen molar-refractivity contribution in [2.45, 2.75) is 26.6 Å². The standard InChI is InChI=1S/C12H18N2O2/c1-4-11-9(7-16-12(11)15)5-10-6-13-8(2)14(10)3/h6,9,11H,4-5,7H2,1-3H3/t9-,11-/m0/s1/i1D3,3D3,5D2,6D,7D2,9D,11D. The van der Waals surface area contributed by atoms with Crippen LogP contribution >= 0.6 is 0 Å². The van der Waals surface area contributed by atoms with Gasteiger partial charge in [-0.3, -0.25) is 4.79 Å². The van der Waals surface area contributed by atoms with E-state index in [4.69, 9.17) is 17.8 Å². The minimum Gasteiger partial charge on any atom is -0.465 e. The minimum atomic E-state index is -3.59. The number of carbonyl (C=O) groups is 1. The maximum absolute atomic E-state index is 12.3. The van der Waals surface area contributed by atoms with Crippen LogP contribution in [0.15, 0.2) is 6.17 Å². The Labute approximate surface area is 114 Å².